The van der Waals surface area contributed by atoms with Gasteiger partial charge >= 0.3 is 0 Å². The standard InChI is InChI=1S/C15H21NO2/c1-10(2)14-5-4-8-16(14)12-6-7-13(11(3)17)15(18)9-12/h6-7,9-10,14,18H,4-5,8H2,1-3H3. The number of ketones is 1. The number of carbonyl (C=O) groups excluding carboxylic acids is 1. The minimum absolute atomic E-state index is 0.0920. The number of benzene rings is 1. The Balaban J connectivity index is 2.29. The number of aromatic hydroxyl groups is 1. The third kappa shape index (κ3) is 2.35. The molecule has 1 heterocycles. The Morgan fingerprint density at radius 1 is 1.44 bits per heavy atom. The minimum atomic E-state index is -0.0964. The van der Waals surface area contributed by atoms with Crippen LogP contribution < -0.4 is 4.90 Å². The van der Waals surface area contributed by atoms with Gasteiger partial charge in [0.15, 0.2) is 5.78 Å². The van der Waals surface area contributed by atoms with Gasteiger partial charge < -0.3 is 10.0 Å². The molecular weight excluding hydrogens is 226 g/mol. The second-order valence-corrected chi connectivity index (χ2v) is 5.40. The fraction of sp³-hybridized carbons (Fsp3) is 0.533. The first-order chi connectivity index (χ1) is 8.50. The van der Waals surface area contributed by atoms with Crippen LogP contribution in [0.2, 0.25) is 0 Å². The van der Waals surface area contributed by atoms with Gasteiger partial charge in [-0.25, -0.2) is 0 Å². The predicted molar refractivity (Wildman–Crippen MR) is 73.3 cm³/mol. The predicted octanol–water partition coefficient (Wildman–Crippen LogP) is 3.22. The largest absolute Gasteiger partial charge is 0.507 e. The molecule has 1 unspecified atom stereocenters. The average molecular weight is 247 g/mol. The van der Waals surface area contributed by atoms with Gasteiger partial charge in [-0.2, -0.15) is 0 Å². The van der Waals surface area contributed by atoms with Crippen molar-refractivity contribution in [3.05, 3.63) is 23.8 Å². The third-order valence-electron chi connectivity index (χ3n) is 3.76. The molecule has 1 aliphatic heterocycles. The summed E-state index contributed by atoms with van der Waals surface area (Å²) in [6.45, 7) is 6.96. The molecule has 1 atom stereocenters. The molecule has 0 bridgehead atoms. The zero-order valence-corrected chi connectivity index (χ0v) is 11.3. The van der Waals surface area contributed by atoms with Gasteiger partial charge in [-0.15, -0.1) is 0 Å². The lowest BCUT2D eigenvalue weighted by Crippen LogP contribution is -2.33. The first-order valence-electron chi connectivity index (χ1n) is 6.61. The highest BCUT2D eigenvalue weighted by Crippen LogP contribution is 2.32. The smallest absolute Gasteiger partial charge is 0.163 e. The number of phenolic OH excluding ortho intramolecular Hbond substituents is 1. The highest BCUT2D eigenvalue weighted by Gasteiger charge is 2.27. The van der Waals surface area contributed by atoms with Gasteiger partial charge in [0.25, 0.3) is 0 Å². The summed E-state index contributed by atoms with van der Waals surface area (Å²) in [4.78, 5) is 13.6. The molecule has 1 fully saturated rings. The van der Waals surface area contributed by atoms with Gasteiger partial charge in [-0.05, 0) is 37.8 Å². The van der Waals surface area contributed by atoms with Gasteiger partial charge in [-0.3, -0.25) is 4.79 Å². The van der Waals surface area contributed by atoms with E-state index in [0.717, 1.165) is 12.2 Å². The Kier molecular flexibility index (Phi) is 3.60. The highest BCUT2D eigenvalue weighted by atomic mass is 16.3. The fourth-order valence-electron chi connectivity index (χ4n) is 2.80. The van der Waals surface area contributed by atoms with Crippen molar-refractivity contribution >= 4 is 11.5 Å². The van der Waals surface area contributed by atoms with E-state index >= 15 is 0 Å². The van der Waals surface area contributed by atoms with Crippen molar-refractivity contribution in [1.29, 1.82) is 0 Å². The lowest BCUT2D eigenvalue weighted by Gasteiger charge is -2.30. The number of Topliss-reactive ketones (excluding diaryl/α,β-unsaturated/α-hetero) is 1. The molecule has 1 aromatic carbocycles. The van der Waals surface area contributed by atoms with E-state index in [0.29, 0.717) is 17.5 Å². The first kappa shape index (κ1) is 12.9. The van der Waals surface area contributed by atoms with Crippen LogP contribution in [0.15, 0.2) is 18.2 Å². The van der Waals surface area contributed by atoms with Crippen molar-refractivity contribution in [2.45, 2.75) is 39.7 Å². The van der Waals surface area contributed by atoms with Gasteiger partial charge in [0, 0.05) is 24.3 Å². The number of carbonyl (C=O) groups is 1. The summed E-state index contributed by atoms with van der Waals surface area (Å²) in [6, 6.07) is 5.92. The number of nitrogens with zero attached hydrogens (tertiary/aromatic N) is 1. The SMILES string of the molecule is CC(=O)c1ccc(N2CCCC2C(C)C)cc1O. The Morgan fingerprint density at radius 2 is 2.17 bits per heavy atom. The molecule has 2 rings (SSSR count). The molecule has 3 heteroatoms. The van der Waals surface area contributed by atoms with E-state index in [2.05, 4.69) is 18.7 Å². The van der Waals surface area contributed by atoms with Gasteiger partial charge in [0.05, 0.1) is 5.56 Å². The molecule has 0 amide bonds. The molecule has 3 nitrogen and oxygen atoms in total. The maximum absolute atomic E-state index is 11.3. The molecule has 1 aliphatic rings. The van der Waals surface area contributed by atoms with Crippen LogP contribution in [-0.4, -0.2) is 23.5 Å². The van der Waals surface area contributed by atoms with Crippen LogP contribution >= 0.6 is 0 Å². The number of hydrogen-bond acceptors (Lipinski definition) is 3. The van der Waals surface area contributed by atoms with E-state index in [-0.39, 0.29) is 11.5 Å². The van der Waals surface area contributed by atoms with Crippen LogP contribution in [0.1, 0.15) is 44.0 Å². The molecular formula is C15H21NO2. The zero-order chi connectivity index (χ0) is 13.3. The Bertz CT molecular complexity index is 454. The lowest BCUT2D eigenvalue weighted by atomic mass is 10.0. The van der Waals surface area contributed by atoms with Crippen LogP contribution in [0, 0.1) is 5.92 Å². The van der Waals surface area contributed by atoms with E-state index in [1.807, 2.05) is 6.07 Å². The Morgan fingerprint density at radius 3 is 2.72 bits per heavy atom. The summed E-state index contributed by atoms with van der Waals surface area (Å²) in [5.74, 6) is 0.595. The van der Waals surface area contributed by atoms with Gasteiger partial charge in [-0.1, -0.05) is 13.8 Å². The molecule has 0 saturated carbocycles. The molecule has 0 aliphatic carbocycles. The zero-order valence-electron chi connectivity index (χ0n) is 11.3. The van der Waals surface area contributed by atoms with E-state index in [1.165, 1.54) is 19.8 Å². The van der Waals surface area contributed by atoms with E-state index < -0.39 is 0 Å². The van der Waals surface area contributed by atoms with Crippen molar-refractivity contribution in [2.75, 3.05) is 11.4 Å². The average Bonchev–Trinajstić information content (AvgIpc) is 2.77. The van der Waals surface area contributed by atoms with E-state index in [9.17, 15) is 9.90 Å². The van der Waals surface area contributed by atoms with Crippen LogP contribution in [0.5, 0.6) is 5.75 Å². The molecule has 1 saturated heterocycles. The third-order valence-corrected chi connectivity index (χ3v) is 3.76. The maximum Gasteiger partial charge on any atom is 0.163 e. The lowest BCUT2D eigenvalue weighted by molar-refractivity contribution is 0.101. The number of anilines is 1. The molecule has 0 aromatic heterocycles. The van der Waals surface area contributed by atoms with Gasteiger partial charge in [0.1, 0.15) is 5.75 Å². The number of hydrogen-bond donors (Lipinski definition) is 1. The normalized spacial score (nSPS) is 19.6. The second-order valence-electron chi connectivity index (χ2n) is 5.40. The molecule has 1 N–H and O–H groups in total. The highest BCUT2D eigenvalue weighted by molar-refractivity contribution is 5.97. The molecule has 18 heavy (non-hydrogen) atoms. The van der Waals surface area contributed by atoms with Crippen molar-refractivity contribution in [3.63, 3.8) is 0 Å². The summed E-state index contributed by atoms with van der Waals surface area (Å²) in [6.07, 6.45) is 2.39. The molecule has 98 valence electrons. The summed E-state index contributed by atoms with van der Waals surface area (Å²) in [7, 11) is 0. The minimum Gasteiger partial charge on any atom is -0.507 e. The van der Waals surface area contributed by atoms with Crippen molar-refractivity contribution in [2.24, 2.45) is 5.92 Å². The van der Waals surface area contributed by atoms with E-state index in [4.69, 9.17) is 0 Å². The Labute approximate surface area is 108 Å². The summed E-state index contributed by atoms with van der Waals surface area (Å²) < 4.78 is 0. The Hall–Kier alpha value is -1.51. The van der Waals surface area contributed by atoms with Gasteiger partial charge in [0.2, 0.25) is 0 Å². The summed E-state index contributed by atoms with van der Waals surface area (Å²) >= 11 is 0. The van der Waals surface area contributed by atoms with Crippen LogP contribution in [-0.2, 0) is 0 Å². The molecule has 0 spiro atoms. The van der Waals surface area contributed by atoms with Crippen molar-refractivity contribution < 1.29 is 9.90 Å². The number of phenols is 1. The topological polar surface area (TPSA) is 40.5 Å². The molecule has 0 radical (unpaired) electrons. The number of rotatable bonds is 3. The fourth-order valence-corrected chi connectivity index (χ4v) is 2.80. The monoisotopic (exact) mass is 247 g/mol. The maximum atomic E-state index is 11.3. The molecule has 1 aromatic rings. The summed E-state index contributed by atoms with van der Waals surface area (Å²) in [5, 5.41) is 9.90. The second kappa shape index (κ2) is 5.01. The van der Waals surface area contributed by atoms with Crippen molar-refractivity contribution in [1.82, 2.24) is 0 Å². The first-order valence-corrected chi connectivity index (χ1v) is 6.61. The van der Waals surface area contributed by atoms with Crippen LogP contribution in [0.4, 0.5) is 5.69 Å². The quantitative estimate of drug-likeness (QED) is 0.834. The van der Waals surface area contributed by atoms with Crippen molar-refractivity contribution in [3.8, 4) is 5.75 Å². The van der Waals surface area contributed by atoms with E-state index in [1.54, 1.807) is 12.1 Å². The van der Waals surface area contributed by atoms with Crippen LogP contribution in [0.25, 0.3) is 0 Å². The van der Waals surface area contributed by atoms with Crippen LogP contribution in [0.3, 0.4) is 0 Å². The summed E-state index contributed by atoms with van der Waals surface area (Å²) in [5.41, 5.74) is 1.42.